The number of anilines is 1. The van der Waals surface area contributed by atoms with Gasteiger partial charge in [0.1, 0.15) is 23.0 Å². The number of aryl methyl sites for hydroxylation is 2. The van der Waals surface area contributed by atoms with Gasteiger partial charge in [0.2, 0.25) is 0 Å². The van der Waals surface area contributed by atoms with Crippen LogP contribution in [0.1, 0.15) is 29.9 Å². The van der Waals surface area contributed by atoms with Gasteiger partial charge in [-0.1, -0.05) is 18.2 Å². The van der Waals surface area contributed by atoms with Gasteiger partial charge in [-0.15, -0.1) is 0 Å². The van der Waals surface area contributed by atoms with Gasteiger partial charge >= 0.3 is 0 Å². The third-order valence-corrected chi connectivity index (χ3v) is 4.64. The SMILES string of the molecule is Cc1nc(NC(C)c2ccccc2F)cc(-c2ccc3occ(C)c3c2)n1. The van der Waals surface area contributed by atoms with Gasteiger partial charge in [-0.3, -0.25) is 0 Å². The molecule has 136 valence electrons. The number of hydrogen-bond acceptors (Lipinski definition) is 4. The summed E-state index contributed by atoms with van der Waals surface area (Å²) in [5.74, 6) is 1.08. The molecule has 0 saturated heterocycles. The molecule has 0 saturated carbocycles. The van der Waals surface area contributed by atoms with E-state index in [9.17, 15) is 4.39 Å². The molecule has 0 spiro atoms. The van der Waals surface area contributed by atoms with Crippen molar-refractivity contribution in [2.75, 3.05) is 5.32 Å². The van der Waals surface area contributed by atoms with E-state index in [1.165, 1.54) is 6.07 Å². The Kier molecular flexibility index (Phi) is 4.36. The maximum atomic E-state index is 14.0. The van der Waals surface area contributed by atoms with Crippen molar-refractivity contribution in [1.82, 2.24) is 9.97 Å². The van der Waals surface area contributed by atoms with Crippen LogP contribution in [0.2, 0.25) is 0 Å². The van der Waals surface area contributed by atoms with E-state index in [-0.39, 0.29) is 11.9 Å². The number of rotatable bonds is 4. The third-order valence-electron chi connectivity index (χ3n) is 4.64. The summed E-state index contributed by atoms with van der Waals surface area (Å²) in [6, 6.07) is 14.4. The molecule has 0 bridgehead atoms. The molecule has 4 nitrogen and oxygen atoms in total. The Labute approximate surface area is 157 Å². The topological polar surface area (TPSA) is 51.0 Å². The van der Waals surface area contributed by atoms with Crippen molar-refractivity contribution in [2.45, 2.75) is 26.8 Å². The number of furan rings is 1. The normalized spacial score (nSPS) is 12.3. The third kappa shape index (κ3) is 3.40. The lowest BCUT2D eigenvalue weighted by molar-refractivity contribution is 0.600. The standard InChI is InChI=1S/C22H20FN3O/c1-13-12-27-21-9-8-16(10-18(13)21)20-11-22(26-15(3)25-20)24-14(2)17-6-4-5-7-19(17)23/h4-12,14H,1-3H3,(H,24,25,26). The highest BCUT2D eigenvalue weighted by Crippen LogP contribution is 2.28. The Hall–Kier alpha value is -3.21. The van der Waals surface area contributed by atoms with E-state index in [2.05, 4.69) is 21.4 Å². The molecule has 27 heavy (non-hydrogen) atoms. The summed E-state index contributed by atoms with van der Waals surface area (Å²) in [6.07, 6.45) is 1.75. The second-order valence-electron chi connectivity index (χ2n) is 6.70. The molecule has 0 aliphatic heterocycles. The Bertz CT molecular complexity index is 1120. The number of halogens is 1. The lowest BCUT2D eigenvalue weighted by atomic mass is 10.1. The first-order valence-electron chi connectivity index (χ1n) is 8.86. The molecule has 2 heterocycles. The van der Waals surface area contributed by atoms with E-state index in [1.807, 2.05) is 45.0 Å². The zero-order valence-electron chi connectivity index (χ0n) is 15.5. The minimum atomic E-state index is -0.232. The molecule has 2 aromatic heterocycles. The van der Waals surface area contributed by atoms with Crippen LogP contribution in [0.25, 0.3) is 22.2 Å². The fourth-order valence-corrected chi connectivity index (χ4v) is 3.23. The van der Waals surface area contributed by atoms with Gasteiger partial charge in [0, 0.05) is 22.6 Å². The fraction of sp³-hybridized carbons (Fsp3) is 0.182. The quantitative estimate of drug-likeness (QED) is 0.498. The summed E-state index contributed by atoms with van der Waals surface area (Å²) in [7, 11) is 0. The van der Waals surface area contributed by atoms with E-state index in [0.29, 0.717) is 17.2 Å². The summed E-state index contributed by atoms with van der Waals surface area (Å²) in [5.41, 5.74) is 4.34. The van der Waals surface area contributed by atoms with Crippen molar-refractivity contribution in [3.63, 3.8) is 0 Å². The molecule has 5 heteroatoms. The van der Waals surface area contributed by atoms with Crippen LogP contribution in [0.15, 0.2) is 59.2 Å². The Morgan fingerprint density at radius 2 is 1.85 bits per heavy atom. The molecule has 0 fully saturated rings. The zero-order valence-corrected chi connectivity index (χ0v) is 15.5. The van der Waals surface area contributed by atoms with Crippen LogP contribution < -0.4 is 5.32 Å². The molecule has 0 aliphatic carbocycles. The Balaban J connectivity index is 1.68. The van der Waals surface area contributed by atoms with Crippen LogP contribution in [0.4, 0.5) is 10.2 Å². The number of nitrogens with one attached hydrogen (secondary N) is 1. The Morgan fingerprint density at radius 1 is 1.04 bits per heavy atom. The van der Waals surface area contributed by atoms with E-state index in [0.717, 1.165) is 27.8 Å². The molecule has 1 atom stereocenters. The molecule has 2 aromatic carbocycles. The predicted octanol–water partition coefficient (Wildman–Crippen LogP) is 5.82. The largest absolute Gasteiger partial charge is 0.464 e. The number of nitrogens with zero attached hydrogens (tertiary/aromatic N) is 2. The summed E-state index contributed by atoms with van der Waals surface area (Å²) < 4.78 is 19.6. The van der Waals surface area contributed by atoms with Crippen molar-refractivity contribution in [3.05, 3.63) is 77.6 Å². The van der Waals surface area contributed by atoms with Crippen molar-refractivity contribution >= 4 is 16.8 Å². The summed E-state index contributed by atoms with van der Waals surface area (Å²) in [4.78, 5) is 9.03. The highest BCUT2D eigenvalue weighted by Gasteiger charge is 2.13. The molecule has 1 unspecified atom stereocenters. The average molecular weight is 361 g/mol. The van der Waals surface area contributed by atoms with E-state index in [4.69, 9.17) is 4.42 Å². The number of benzene rings is 2. The fourth-order valence-electron chi connectivity index (χ4n) is 3.23. The summed E-state index contributed by atoms with van der Waals surface area (Å²) in [6.45, 7) is 5.78. The smallest absolute Gasteiger partial charge is 0.134 e. The van der Waals surface area contributed by atoms with Crippen molar-refractivity contribution in [3.8, 4) is 11.3 Å². The molecule has 4 aromatic rings. The maximum absolute atomic E-state index is 14.0. The van der Waals surface area contributed by atoms with E-state index < -0.39 is 0 Å². The first-order valence-corrected chi connectivity index (χ1v) is 8.86. The molecule has 0 amide bonds. The zero-order chi connectivity index (χ0) is 19.0. The van der Waals surface area contributed by atoms with Crippen molar-refractivity contribution < 1.29 is 8.81 Å². The van der Waals surface area contributed by atoms with Gasteiger partial charge in [-0.05, 0) is 50.6 Å². The lowest BCUT2D eigenvalue weighted by Gasteiger charge is -2.16. The van der Waals surface area contributed by atoms with Gasteiger partial charge in [-0.25, -0.2) is 14.4 Å². The van der Waals surface area contributed by atoms with Crippen molar-refractivity contribution in [1.29, 1.82) is 0 Å². The first kappa shape index (κ1) is 17.2. The van der Waals surface area contributed by atoms with Gasteiger partial charge in [-0.2, -0.15) is 0 Å². The van der Waals surface area contributed by atoms with Gasteiger partial charge in [0.15, 0.2) is 0 Å². The summed E-state index contributed by atoms with van der Waals surface area (Å²) in [5, 5.41) is 4.35. The number of hydrogen-bond donors (Lipinski definition) is 1. The lowest BCUT2D eigenvalue weighted by Crippen LogP contribution is -2.10. The second kappa shape index (κ2) is 6.83. The predicted molar refractivity (Wildman–Crippen MR) is 105 cm³/mol. The monoisotopic (exact) mass is 361 g/mol. The maximum Gasteiger partial charge on any atom is 0.134 e. The van der Waals surface area contributed by atoms with E-state index >= 15 is 0 Å². The highest BCUT2D eigenvalue weighted by molar-refractivity contribution is 5.85. The number of aromatic nitrogens is 2. The van der Waals surface area contributed by atoms with Gasteiger partial charge < -0.3 is 9.73 Å². The molecule has 4 rings (SSSR count). The van der Waals surface area contributed by atoms with Crippen molar-refractivity contribution in [2.24, 2.45) is 0 Å². The molecule has 0 aliphatic rings. The second-order valence-corrected chi connectivity index (χ2v) is 6.70. The minimum absolute atomic E-state index is 0.216. The highest BCUT2D eigenvalue weighted by atomic mass is 19.1. The first-order chi connectivity index (χ1) is 13.0. The molecule has 1 N–H and O–H groups in total. The van der Waals surface area contributed by atoms with E-state index in [1.54, 1.807) is 18.4 Å². The minimum Gasteiger partial charge on any atom is -0.464 e. The average Bonchev–Trinajstić information content (AvgIpc) is 3.02. The molecular formula is C22H20FN3O. The van der Waals surface area contributed by atoms with Crippen LogP contribution in [-0.2, 0) is 0 Å². The van der Waals surface area contributed by atoms with Gasteiger partial charge in [0.05, 0.1) is 18.0 Å². The van der Waals surface area contributed by atoms with Gasteiger partial charge in [0.25, 0.3) is 0 Å². The Morgan fingerprint density at radius 3 is 2.67 bits per heavy atom. The van der Waals surface area contributed by atoms with Crippen LogP contribution in [0, 0.1) is 19.7 Å². The van der Waals surface area contributed by atoms with Crippen LogP contribution in [0.3, 0.4) is 0 Å². The summed E-state index contributed by atoms with van der Waals surface area (Å²) >= 11 is 0. The molecule has 0 radical (unpaired) electrons. The van der Waals surface area contributed by atoms with Crippen LogP contribution in [-0.4, -0.2) is 9.97 Å². The number of fused-ring (bicyclic) bond motifs is 1. The van der Waals surface area contributed by atoms with Crippen LogP contribution in [0.5, 0.6) is 0 Å². The molecular weight excluding hydrogens is 341 g/mol. The van der Waals surface area contributed by atoms with Crippen LogP contribution >= 0.6 is 0 Å².